The van der Waals surface area contributed by atoms with Crippen LogP contribution in [0.1, 0.15) is 72.6 Å². The Labute approximate surface area is 192 Å². The molecule has 0 radical (unpaired) electrons. The van der Waals surface area contributed by atoms with Crippen molar-refractivity contribution >= 4 is 36.7 Å². The Bertz CT molecular complexity index is 761. The summed E-state index contributed by atoms with van der Waals surface area (Å²) in [4.78, 5) is 12.1. The molecule has 162 valence electrons. The number of rotatable bonds is 3. The Balaban J connectivity index is 1.66. The predicted molar refractivity (Wildman–Crippen MR) is 132 cm³/mol. The summed E-state index contributed by atoms with van der Waals surface area (Å²) < 4.78 is 8.16. The average Bonchev–Trinajstić information content (AvgIpc) is 2.96. The molecule has 4 aliphatic rings. The lowest BCUT2D eigenvalue weighted by atomic mass is 9.52. The number of hydrogen-bond donors (Lipinski definition) is 0. The highest BCUT2D eigenvalue weighted by Gasteiger charge is 2.58. The standard InChI is InChI=1S/C25H39IO2Si/c1-23(2,3)29(5,6)28-22-10-9-20-19-8-7-17-15-18(27)11-14-25(17,16-26)21(19)12-13-24(20,22)4/h12,15,19-20,22H,7-11,13-14,16H2,1-6H3/t19?,20?,22-,24-,25+/m0/s1. The van der Waals surface area contributed by atoms with Gasteiger partial charge in [0.1, 0.15) is 0 Å². The number of carbonyl (C=O) groups excluding carboxylic acids is 1. The molecule has 4 rings (SSSR count). The molecule has 2 fully saturated rings. The van der Waals surface area contributed by atoms with Crippen LogP contribution >= 0.6 is 22.6 Å². The number of allylic oxidation sites excluding steroid dienone is 4. The van der Waals surface area contributed by atoms with Crippen molar-refractivity contribution in [3.63, 3.8) is 0 Å². The van der Waals surface area contributed by atoms with Gasteiger partial charge in [-0.1, -0.05) is 67.5 Å². The van der Waals surface area contributed by atoms with E-state index in [1.807, 2.05) is 6.08 Å². The third-order valence-corrected chi connectivity index (χ3v) is 15.3. The zero-order valence-corrected chi connectivity index (χ0v) is 22.4. The fourth-order valence-electron chi connectivity index (χ4n) is 6.59. The van der Waals surface area contributed by atoms with Crippen LogP contribution in [0.3, 0.4) is 0 Å². The molecule has 2 saturated carbocycles. The molecule has 2 nitrogen and oxygen atoms in total. The second kappa shape index (κ2) is 7.30. The Hall–Kier alpha value is 0.0569. The lowest BCUT2D eigenvalue weighted by molar-refractivity contribution is -0.115. The highest BCUT2D eigenvalue weighted by atomic mass is 127. The normalized spacial score (nSPS) is 40.0. The summed E-state index contributed by atoms with van der Waals surface area (Å²) in [5.41, 5.74) is 3.60. The Morgan fingerprint density at radius 1 is 1.21 bits per heavy atom. The molecule has 0 N–H and O–H groups in total. The number of hydrogen-bond acceptors (Lipinski definition) is 2. The average molecular weight is 527 g/mol. The van der Waals surface area contributed by atoms with Gasteiger partial charge in [-0.2, -0.15) is 0 Å². The van der Waals surface area contributed by atoms with E-state index in [2.05, 4.69) is 69.5 Å². The van der Waals surface area contributed by atoms with Gasteiger partial charge in [-0.05, 0) is 80.0 Å². The molecule has 0 spiro atoms. The van der Waals surface area contributed by atoms with Crippen LogP contribution < -0.4 is 0 Å². The zero-order valence-electron chi connectivity index (χ0n) is 19.2. The van der Waals surface area contributed by atoms with Gasteiger partial charge in [-0.15, -0.1) is 0 Å². The van der Waals surface area contributed by atoms with Gasteiger partial charge in [0.15, 0.2) is 14.1 Å². The van der Waals surface area contributed by atoms with E-state index in [0.717, 1.165) is 36.0 Å². The van der Waals surface area contributed by atoms with E-state index < -0.39 is 8.32 Å². The first kappa shape index (κ1) is 22.3. The van der Waals surface area contributed by atoms with Crippen molar-refractivity contribution in [2.75, 3.05) is 4.43 Å². The highest BCUT2D eigenvalue weighted by Crippen LogP contribution is 2.64. The summed E-state index contributed by atoms with van der Waals surface area (Å²) >= 11 is 2.59. The van der Waals surface area contributed by atoms with Crippen LogP contribution in [-0.4, -0.2) is 24.6 Å². The van der Waals surface area contributed by atoms with E-state index in [9.17, 15) is 4.79 Å². The highest BCUT2D eigenvalue weighted by molar-refractivity contribution is 14.1. The van der Waals surface area contributed by atoms with E-state index in [0.29, 0.717) is 17.8 Å². The van der Waals surface area contributed by atoms with Crippen LogP contribution in [0.4, 0.5) is 0 Å². The van der Waals surface area contributed by atoms with E-state index in [1.165, 1.54) is 24.8 Å². The molecule has 0 saturated heterocycles. The van der Waals surface area contributed by atoms with Crippen LogP contribution in [0.15, 0.2) is 23.3 Å². The van der Waals surface area contributed by atoms with Crippen molar-refractivity contribution in [2.24, 2.45) is 22.7 Å². The third kappa shape index (κ3) is 3.38. The fraction of sp³-hybridized carbons (Fsp3) is 0.800. The van der Waals surface area contributed by atoms with Crippen molar-refractivity contribution in [1.82, 2.24) is 0 Å². The van der Waals surface area contributed by atoms with E-state index in [4.69, 9.17) is 4.43 Å². The van der Waals surface area contributed by atoms with Crippen LogP contribution in [0, 0.1) is 22.7 Å². The second-order valence-corrected chi connectivity index (χ2v) is 17.4. The molecule has 0 aromatic rings. The van der Waals surface area contributed by atoms with Crippen molar-refractivity contribution in [3.05, 3.63) is 23.3 Å². The maximum Gasteiger partial charge on any atom is 0.192 e. The molecular formula is C25H39IO2Si. The minimum atomic E-state index is -1.76. The Kier molecular flexibility index (Phi) is 5.60. The molecule has 4 aliphatic carbocycles. The largest absolute Gasteiger partial charge is 0.413 e. The summed E-state index contributed by atoms with van der Waals surface area (Å²) in [6, 6.07) is 0. The number of fused-ring (bicyclic) bond motifs is 5. The van der Waals surface area contributed by atoms with Crippen LogP contribution in [-0.2, 0) is 9.22 Å². The maximum absolute atomic E-state index is 12.1. The van der Waals surface area contributed by atoms with Crippen LogP contribution in [0.2, 0.25) is 18.1 Å². The quantitative estimate of drug-likeness (QED) is 0.168. The lowest BCUT2D eigenvalue weighted by Crippen LogP contribution is -2.51. The first-order valence-electron chi connectivity index (χ1n) is 11.6. The molecule has 0 amide bonds. The SMILES string of the molecule is CC(C)(C)[Si](C)(C)O[C@H]1CCC2C3CCC4=CC(=O)CC[C@]4(CI)C3=CC[C@@]21C. The van der Waals surface area contributed by atoms with Gasteiger partial charge < -0.3 is 4.43 Å². The molecule has 0 aromatic carbocycles. The summed E-state index contributed by atoms with van der Waals surface area (Å²) in [6.07, 6.45) is 12.9. The molecular weight excluding hydrogens is 487 g/mol. The summed E-state index contributed by atoms with van der Waals surface area (Å²) in [6.45, 7) is 14.4. The first-order valence-corrected chi connectivity index (χ1v) is 16.1. The Morgan fingerprint density at radius 2 is 1.93 bits per heavy atom. The number of ketones is 1. The minimum absolute atomic E-state index is 0.178. The maximum atomic E-state index is 12.1. The van der Waals surface area contributed by atoms with E-state index >= 15 is 0 Å². The molecule has 2 unspecified atom stereocenters. The topological polar surface area (TPSA) is 26.3 Å². The van der Waals surface area contributed by atoms with Gasteiger partial charge in [0.05, 0.1) is 6.10 Å². The van der Waals surface area contributed by atoms with Crippen LogP contribution in [0.5, 0.6) is 0 Å². The molecule has 5 atom stereocenters. The third-order valence-electron chi connectivity index (χ3n) is 9.47. The molecule has 0 heterocycles. The molecule has 0 bridgehead atoms. The van der Waals surface area contributed by atoms with Crippen molar-refractivity contribution in [1.29, 1.82) is 0 Å². The van der Waals surface area contributed by atoms with E-state index in [1.54, 1.807) is 5.57 Å². The van der Waals surface area contributed by atoms with Gasteiger partial charge in [-0.25, -0.2) is 0 Å². The number of carbonyl (C=O) groups is 1. The van der Waals surface area contributed by atoms with Gasteiger partial charge in [0, 0.05) is 16.3 Å². The van der Waals surface area contributed by atoms with E-state index in [-0.39, 0.29) is 15.9 Å². The van der Waals surface area contributed by atoms with Gasteiger partial charge in [0.2, 0.25) is 0 Å². The van der Waals surface area contributed by atoms with Crippen molar-refractivity contribution in [3.8, 4) is 0 Å². The summed E-state index contributed by atoms with van der Waals surface area (Å²) in [5.74, 6) is 1.79. The molecule has 0 aromatic heterocycles. The minimum Gasteiger partial charge on any atom is -0.413 e. The monoisotopic (exact) mass is 526 g/mol. The van der Waals surface area contributed by atoms with Crippen molar-refractivity contribution in [2.45, 2.75) is 96.9 Å². The number of halogens is 1. The number of alkyl halides is 1. The van der Waals surface area contributed by atoms with Gasteiger partial charge in [0.25, 0.3) is 0 Å². The smallest absolute Gasteiger partial charge is 0.192 e. The molecule has 0 aliphatic heterocycles. The summed E-state index contributed by atoms with van der Waals surface area (Å²) in [7, 11) is -1.76. The fourth-order valence-corrected chi connectivity index (χ4v) is 9.35. The Morgan fingerprint density at radius 3 is 2.59 bits per heavy atom. The summed E-state index contributed by atoms with van der Waals surface area (Å²) in [5, 5.41) is 0.265. The molecule has 4 heteroatoms. The van der Waals surface area contributed by atoms with Crippen molar-refractivity contribution < 1.29 is 9.22 Å². The lowest BCUT2D eigenvalue weighted by Gasteiger charge is -2.54. The molecule has 29 heavy (non-hydrogen) atoms. The zero-order chi connectivity index (χ0) is 21.2. The first-order chi connectivity index (χ1) is 13.4. The van der Waals surface area contributed by atoms with Gasteiger partial charge >= 0.3 is 0 Å². The van der Waals surface area contributed by atoms with Gasteiger partial charge in [-0.3, -0.25) is 4.79 Å². The second-order valence-electron chi connectivity index (χ2n) is 11.9. The predicted octanol–water partition coefficient (Wildman–Crippen LogP) is 7.24. The van der Waals surface area contributed by atoms with Crippen LogP contribution in [0.25, 0.3) is 0 Å².